The van der Waals surface area contributed by atoms with Crippen molar-refractivity contribution in [1.82, 2.24) is 4.90 Å². The molecule has 0 bridgehead atoms. The average Bonchev–Trinajstić information content (AvgIpc) is 2.91. The van der Waals surface area contributed by atoms with E-state index in [1.165, 1.54) is 0 Å². The van der Waals surface area contributed by atoms with Gasteiger partial charge >= 0.3 is 0 Å². The van der Waals surface area contributed by atoms with E-state index in [1.807, 2.05) is 24.0 Å². The number of nitrogens with zero attached hydrogens (tertiary/aromatic N) is 1. The second kappa shape index (κ2) is 5.59. The molecule has 1 amide bonds. The number of benzene rings is 1. The molecule has 2 saturated heterocycles. The highest BCUT2D eigenvalue weighted by Crippen LogP contribution is 2.32. The Balaban J connectivity index is 1.75. The fraction of sp³-hybridized carbons (Fsp3) is 0.533. The van der Waals surface area contributed by atoms with Crippen LogP contribution in [0.2, 0.25) is 0 Å². The minimum atomic E-state index is -0.456. The first-order valence-electron chi connectivity index (χ1n) is 7.14. The molecule has 1 aromatic carbocycles. The summed E-state index contributed by atoms with van der Waals surface area (Å²) < 4.78 is 12.2. The monoisotopic (exact) mass is 354 g/mol. The quantitative estimate of drug-likeness (QED) is 0.786. The fourth-order valence-corrected chi connectivity index (χ4v) is 3.40. The number of halogens is 1. The second-order valence-corrected chi connectivity index (χ2v) is 6.48. The van der Waals surface area contributed by atoms with Gasteiger partial charge in [-0.3, -0.25) is 4.79 Å². The maximum absolute atomic E-state index is 12.7. The Morgan fingerprint density at radius 2 is 1.90 bits per heavy atom. The lowest BCUT2D eigenvalue weighted by Gasteiger charge is -2.37. The Morgan fingerprint density at radius 1 is 1.29 bits per heavy atom. The number of hydrogen-bond acceptors (Lipinski definition) is 4. The molecule has 2 aliphatic rings. The smallest absolute Gasteiger partial charge is 0.254 e. The highest BCUT2D eigenvalue weighted by atomic mass is 79.9. The van der Waals surface area contributed by atoms with Gasteiger partial charge in [-0.25, -0.2) is 0 Å². The third kappa shape index (κ3) is 2.80. The Labute approximate surface area is 132 Å². The first-order chi connectivity index (χ1) is 10.0. The molecule has 3 rings (SSSR count). The number of ether oxygens (including phenoxy) is 2. The van der Waals surface area contributed by atoms with E-state index >= 15 is 0 Å². The van der Waals surface area contributed by atoms with Gasteiger partial charge < -0.3 is 20.1 Å². The lowest BCUT2D eigenvalue weighted by molar-refractivity contribution is -0.181. The van der Waals surface area contributed by atoms with Gasteiger partial charge in [-0.2, -0.15) is 0 Å². The zero-order valence-electron chi connectivity index (χ0n) is 12.0. The van der Waals surface area contributed by atoms with Gasteiger partial charge in [0.15, 0.2) is 5.79 Å². The first-order valence-corrected chi connectivity index (χ1v) is 7.93. The van der Waals surface area contributed by atoms with Crippen molar-refractivity contribution in [3.63, 3.8) is 0 Å². The number of rotatable bonds is 1. The molecule has 5 nitrogen and oxygen atoms in total. The predicted octanol–water partition coefficient (Wildman–Crippen LogP) is 2.32. The van der Waals surface area contributed by atoms with Crippen LogP contribution in [0.1, 0.15) is 28.8 Å². The molecule has 21 heavy (non-hydrogen) atoms. The summed E-state index contributed by atoms with van der Waals surface area (Å²) in [4.78, 5) is 14.5. The molecule has 1 spiro atoms. The van der Waals surface area contributed by atoms with Crippen LogP contribution >= 0.6 is 15.9 Å². The molecule has 0 aromatic heterocycles. The topological polar surface area (TPSA) is 64.8 Å². The Bertz CT molecular complexity index is 560. The van der Waals surface area contributed by atoms with Crippen LogP contribution in [0.25, 0.3) is 0 Å². The summed E-state index contributed by atoms with van der Waals surface area (Å²) in [5.41, 5.74) is 8.06. The summed E-state index contributed by atoms with van der Waals surface area (Å²) in [6.07, 6.45) is 1.45. The summed E-state index contributed by atoms with van der Waals surface area (Å²) in [5.74, 6) is -0.435. The van der Waals surface area contributed by atoms with Gasteiger partial charge in [0.25, 0.3) is 5.91 Å². The van der Waals surface area contributed by atoms with Crippen molar-refractivity contribution in [2.24, 2.45) is 0 Å². The molecule has 2 aliphatic heterocycles. The Morgan fingerprint density at radius 3 is 2.52 bits per heavy atom. The van der Waals surface area contributed by atoms with Crippen LogP contribution in [0.15, 0.2) is 16.6 Å². The van der Waals surface area contributed by atoms with Gasteiger partial charge in [0, 0.05) is 41.7 Å². The maximum atomic E-state index is 12.7. The molecular formula is C15H19BrN2O3. The Hall–Kier alpha value is -1.11. The molecule has 1 aromatic rings. The van der Waals surface area contributed by atoms with E-state index in [1.54, 1.807) is 0 Å². The van der Waals surface area contributed by atoms with Gasteiger partial charge in [-0.15, -0.1) is 0 Å². The molecule has 0 unspecified atom stereocenters. The normalized spacial score (nSPS) is 21.0. The fourth-order valence-electron chi connectivity index (χ4n) is 2.93. The van der Waals surface area contributed by atoms with E-state index in [0.29, 0.717) is 37.6 Å². The number of piperidine rings is 1. The molecule has 0 saturated carbocycles. The molecule has 2 fully saturated rings. The lowest BCUT2D eigenvalue weighted by atomic mass is 10.0. The van der Waals surface area contributed by atoms with E-state index in [2.05, 4.69) is 15.9 Å². The van der Waals surface area contributed by atoms with Crippen molar-refractivity contribution in [2.75, 3.05) is 32.0 Å². The number of amides is 1. The molecule has 0 atom stereocenters. The average molecular weight is 355 g/mol. The van der Waals surface area contributed by atoms with Crippen molar-refractivity contribution < 1.29 is 14.3 Å². The van der Waals surface area contributed by atoms with E-state index in [4.69, 9.17) is 15.2 Å². The number of nitrogen functional groups attached to an aromatic ring is 1. The third-order valence-corrected chi connectivity index (χ3v) is 4.73. The second-order valence-electron chi connectivity index (χ2n) is 5.57. The summed E-state index contributed by atoms with van der Waals surface area (Å²) in [6, 6.07) is 3.65. The summed E-state index contributed by atoms with van der Waals surface area (Å²) in [6.45, 7) is 4.46. The summed E-state index contributed by atoms with van der Waals surface area (Å²) in [7, 11) is 0. The third-order valence-electron chi connectivity index (χ3n) is 4.27. The standard InChI is InChI=1S/C15H19BrN2O3/c1-10-12(8-11(16)9-13(10)17)14(19)18-4-2-15(3-5-18)20-6-7-21-15/h8-9H,2-7,17H2,1H3. The minimum absolute atomic E-state index is 0.0216. The SMILES string of the molecule is Cc1c(N)cc(Br)cc1C(=O)N1CCC2(CC1)OCCO2. The number of hydrogen-bond donors (Lipinski definition) is 1. The number of carbonyl (C=O) groups excluding carboxylic acids is 1. The molecule has 6 heteroatoms. The molecule has 0 radical (unpaired) electrons. The van der Waals surface area contributed by atoms with Crippen molar-refractivity contribution in [2.45, 2.75) is 25.6 Å². The Kier molecular flexibility index (Phi) is 3.94. The molecule has 114 valence electrons. The highest BCUT2D eigenvalue weighted by molar-refractivity contribution is 9.10. The van der Waals surface area contributed by atoms with Gasteiger partial charge in [-0.05, 0) is 24.6 Å². The van der Waals surface area contributed by atoms with E-state index in [0.717, 1.165) is 22.9 Å². The van der Waals surface area contributed by atoms with E-state index < -0.39 is 5.79 Å². The van der Waals surface area contributed by atoms with Gasteiger partial charge in [0.05, 0.1) is 13.2 Å². The van der Waals surface area contributed by atoms with Crippen LogP contribution < -0.4 is 5.73 Å². The van der Waals surface area contributed by atoms with Gasteiger partial charge in [-0.1, -0.05) is 15.9 Å². The number of nitrogens with two attached hydrogens (primary N) is 1. The van der Waals surface area contributed by atoms with Crippen LogP contribution in [0.3, 0.4) is 0 Å². The number of anilines is 1. The summed E-state index contributed by atoms with van der Waals surface area (Å²) >= 11 is 3.40. The first kappa shape index (κ1) is 14.8. The van der Waals surface area contributed by atoms with Crippen molar-refractivity contribution >= 4 is 27.5 Å². The van der Waals surface area contributed by atoms with Gasteiger partial charge in [0.1, 0.15) is 0 Å². The van der Waals surface area contributed by atoms with Crippen LogP contribution in [0, 0.1) is 6.92 Å². The summed E-state index contributed by atoms with van der Waals surface area (Å²) in [5, 5.41) is 0. The van der Waals surface area contributed by atoms with Crippen LogP contribution in [0.5, 0.6) is 0 Å². The van der Waals surface area contributed by atoms with Crippen LogP contribution in [-0.4, -0.2) is 42.9 Å². The number of carbonyl (C=O) groups is 1. The van der Waals surface area contributed by atoms with Crippen LogP contribution in [0.4, 0.5) is 5.69 Å². The molecular weight excluding hydrogens is 336 g/mol. The maximum Gasteiger partial charge on any atom is 0.254 e. The lowest BCUT2D eigenvalue weighted by Crippen LogP contribution is -2.47. The molecule has 2 N–H and O–H groups in total. The van der Waals surface area contributed by atoms with Gasteiger partial charge in [0.2, 0.25) is 0 Å². The molecule has 2 heterocycles. The van der Waals surface area contributed by atoms with Crippen molar-refractivity contribution in [3.8, 4) is 0 Å². The van der Waals surface area contributed by atoms with E-state index in [9.17, 15) is 4.79 Å². The largest absolute Gasteiger partial charge is 0.398 e. The van der Waals surface area contributed by atoms with Crippen molar-refractivity contribution in [1.29, 1.82) is 0 Å². The minimum Gasteiger partial charge on any atom is -0.398 e. The molecule has 0 aliphatic carbocycles. The van der Waals surface area contributed by atoms with E-state index in [-0.39, 0.29) is 5.91 Å². The zero-order chi connectivity index (χ0) is 15.0. The highest BCUT2D eigenvalue weighted by Gasteiger charge is 2.41. The predicted molar refractivity (Wildman–Crippen MR) is 83.1 cm³/mol. The number of likely N-dealkylation sites (tertiary alicyclic amines) is 1. The zero-order valence-corrected chi connectivity index (χ0v) is 13.6. The van der Waals surface area contributed by atoms with Crippen molar-refractivity contribution in [3.05, 3.63) is 27.7 Å². The van der Waals surface area contributed by atoms with Crippen LogP contribution in [-0.2, 0) is 9.47 Å².